The number of thiophene rings is 1. The van der Waals surface area contributed by atoms with Gasteiger partial charge in [0.05, 0.1) is 37.5 Å². The number of ether oxygens (including phenoxy) is 2. The summed E-state index contributed by atoms with van der Waals surface area (Å²) < 4.78 is 12.7. The number of anilines is 2. The molecule has 214 valence electrons. The van der Waals surface area contributed by atoms with E-state index in [9.17, 15) is 4.79 Å². The Bertz CT molecular complexity index is 1460. The van der Waals surface area contributed by atoms with Crippen molar-refractivity contribution >= 4 is 29.0 Å². The van der Waals surface area contributed by atoms with Gasteiger partial charge in [0.15, 0.2) is 11.6 Å². The second-order valence-corrected chi connectivity index (χ2v) is 11.1. The van der Waals surface area contributed by atoms with Gasteiger partial charge >= 0.3 is 6.03 Å². The Kier molecular flexibility index (Phi) is 8.46. The summed E-state index contributed by atoms with van der Waals surface area (Å²) in [6.45, 7) is 7.48. The van der Waals surface area contributed by atoms with Crippen LogP contribution < -0.4 is 15.5 Å². The number of hydrogen-bond donors (Lipinski definition) is 2. The molecule has 1 aromatic carbocycles. The van der Waals surface area contributed by atoms with Crippen LogP contribution in [0.4, 0.5) is 16.4 Å². The number of nitrogens with zero attached hydrogens (tertiary/aromatic N) is 7. The molecule has 6 rings (SSSR count). The van der Waals surface area contributed by atoms with Crippen molar-refractivity contribution < 1.29 is 14.3 Å². The van der Waals surface area contributed by atoms with Gasteiger partial charge in [0, 0.05) is 74.2 Å². The van der Waals surface area contributed by atoms with E-state index in [0.717, 1.165) is 61.9 Å². The molecule has 0 saturated carbocycles. The number of aromatic nitrogens is 5. The number of benzene rings is 1. The number of morpholine rings is 2. The summed E-state index contributed by atoms with van der Waals surface area (Å²) in [6.07, 6.45) is 3.59. The zero-order valence-corrected chi connectivity index (χ0v) is 23.8. The molecule has 2 aliphatic rings. The molecule has 2 fully saturated rings. The number of urea groups is 1. The SMILES string of the molecule is Cn1cc(CNC(=O)Nc2ccc(-c3nc(-c4ccc(CN5CCOCC5)s4)nc(N4CCOCC4)n3)cc2)cn1. The number of amides is 2. The second-order valence-electron chi connectivity index (χ2n) is 9.94. The summed E-state index contributed by atoms with van der Waals surface area (Å²) in [5.74, 6) is 1.90. The molecule has 13 heteroatoms. The maximum absolute atomic E-state index is 12.4. The van der Waals surface area contributed by atoms with E-state index in [1.807, 2.05) is 37.5 Å². The monoisotopic (exact) mass is 575 g/mol. The Hall–Kier alpha value is -3.91. The molecule has 0 atom stereocenters. The number of carbonyl (C=O) groups excluding carboxylic acids is 1. The largest absolute Gasteiger partial charge is 0.379 e. The zero-order valence-electron chi connectivity index (χ0n) is 23.0. The topological polar surface area (TPSA) is 123 Å². The Morgan fingerprint density at radius 2 is 1.66 bits per heavy atom. The maximum Gasteiger partial charge on any atom is 0.319 e. The fourth-order valence-electron chi connectivity index (χ4n) is 4.69. The highest BCUT2D eigenvalue weighted by Crippen LogP contribution is 2.30. The molecule has 41 heavy (non-hydrogen) atoms. The molecule has 2 N–H and O–H groups in total. The van der Waals surface area contributed by atoms with Crippen LogP contribution in [0.2, 0.25) is 0 Å². The molecule has 0 radical (unpaired) electrons. The van der Waals surface area contributed by atoms with Gasteiger partial charge in [-0.15, -0.1) is 11.3 Å². The first kappa shape index (κ1) is 27.3. The lowest BCUT2D eigenvalue weighted by Gasteiger charge is -2.27. The van der Waals surface area contributed by atoms with Gasteiger partial charge in [0.2, 0.25) is 5.95 Å². The van der Waals surface area contributed by atoms with E-state index in [1.54, 1.807) is 22.2 Å². The van der Waals surface area contributed by atoms with Crippen molar-refractivity contribution in [1.29, 1.82) is 0 Å². The molecule has 5 heterocycles. The van der Waals surface area contributed by atoms with Crippen LogP contribution in [0.25, 0.3) is 22.1 Å². The second kappa shape index (κ2) is 12.7. The number of nitrogens with one attached hydrogen (secondary N) is 2. The van der Waals surface area contributed by atoms with Crippen LogP contribution in [0.15, 0.2) is 48.8 Å². The summed E-state index contributed by atoms with van der Waals surface area (Å²) >= 11 is 1.71. The molecule has 0 unspecified atom stereocenters. The van der Waals surface area contributed by atoms with Crippen LogP contribution in [0.5, 0.6) is 0 Å². The van der Waals surface area contributed by atoms with E-state index in [2.05, 4.69) is 37.7 Å². The Morgan fingerprint density at radius 3 is 2.39 bits per heavy atom. The molecule has 0 spiro atoms. The lowest BCUT2D eigenvalue weighted by atomic mass is 10.2. The van der Waals surface area contributed by atoms with Crippen LogP contribution in [-0.2, 0) is 29.6 Å². The van der Waals surface area contributed by atoms with E-state index < -0.39 is 0 Å². The van der Waals surface area contributed by atoms with Crippen LogP contribution in [0, 0.1) is 0 Å². The highest BCUT2D eigenvalue weighted by Gasteiger charge is 2.20. The van der Waals surface area contributed by atoms with Crippen LogP contribution in [-0.4, -0.2) is 88.3 Å². The number of carbonyl (C=O) groups is 1. The van der Waals surface area contributed by atoms with E-state index in [4.69, 9.17) is 24.4 Å². The van der Waals surface area contributed by atoms with Crippen molar-refractivity contribution in [2.75, 3.05) is 62.8 Å². The van der Waals surface area contributed by atoms with Gasteiger partial charge < -0.3 is 25.0 Å². The Balaban J connectivity index is 1.19. The average molecular weight is 576 g/mol. The molecular weight excluding hydrogens is 542 g/mol. The number of aryl methyl sites for hydroxylation is 1. The van der Waals surface area contributed by atoms with Gasteiger partial charge in [0.1, 0.15) is 0 Å². The molecular formula is C28H33N9O3S. The zero-order chi connectivity index (χ0) is 28.0. The highest BCUT2D eigenvalue weighted by molar-refractivity contribution is 7.15. The molecule has 4 aromatic rings. The van der Waals surface area contributed by atoms with Gasteiger partial charge in [-0.3, -0.25) is 9.58 Å². The van der Waals surface area contributed by atoms with Gasteiger partial charge in [-0.1, -0.05) is 0 Å². The summed E-state index contributed by atoms with van der Waals surface area (Å²) in [7, 11) is 1.84. The predicted molar refractivity (Wildman–Crippen MR) is 157 cm³/mol. The minimum atomic E-state index is -0.288. The summed E-state index contributed by atoms with van der Waals surface area (Å²) in [4.78, 5) is 33.8. The summed E-state index contributed by atoms with van der Waals surface area (Å²) in [5.41, 5.74) is 2.44. The molecule has 2 saturated heterocycles. The Morgan fingerprint density at radius 1 is 0.927 bits per heavy atom. The quantitative estimate of drug-likeness (QED) is 0.326. The first-order chi connectivity index (χ1) is 20.1. The van der Waals surface area contributed by atoms with E-state index in [1.165, 1.54) is 4.88 Å². The third-order valence-electron chi connectivity index (χ3n) is 6.90. The van der Waals surface area contributed by atoms with Crippen molar-refractivity contribution in [2.45, 2.75) is 13.1 Å². The van der Waals surface area contributed by atoms with E-state index in [0.29, 0.717) is 43.0 Å². The molecule has 3 aromatic heterocycles. The minimum Gasteiger partial charge on any atom is -0.379 e. The fraction of sp³-hybridized carbons (Fsp3) is 0.393. The van der Waals surface area contributed by atoms with Gasteiger partial charge in [-0.25, -0.2) is 9.78 Å². The summed E-state index contributed by atoms with van der Waals surface area (Å²) in [6, 6.07) is 11.5. The van der Waals surface area contributed by atoms with Crippen LogP contribution in [0.3, 0.4) is 0 Å². The van der Waals surface area contributed by atoms with Crippen molar-refractivity contribution in [3.63, 3.8) is 0 Å². The summed E-state index contributed by atoms with van der Waals surface area (Å²) in [5, 5.41) is 9.83. The lowest BCUT2D eigenvalue weighted by Crippen LogP contribution is -2.37. The van der Waals surface area contributed by atoms with Gasteiger partial charge in [-0.2, -0.15) is 15.1 Å². The van der Waals surface area contributed by atoms with Crippen molar-refractivity contribution in [3.05, 3.63) is 59.2 Å². The van der Waals surface area contributed by atoms with Gasteiger partial charge in [-0.05, 0) is 36.4 Å². The standard InChI is InChI=1S/C28H33N9O3S/c1-35-18-20(17-30-35)16-29-28(38)31-22-4-2-21(3-5-22)25-32-26(34-27(33-25)37-10-14-40-15-11-37)24-7-6-23(41-24)19-36-8-12-39-13-9-36/h2-7,17-18H,8-16,19H2,1H3,(H2,29,31,38). The third kappa shape index (κ3) is 7.06. The van der Waals surface area contributed by atoms with Crippen LogP contribution in [0.1, 0.15) is 10.4 Å². The number of rotatable bonds is 8. The highest BCUT2D eigenvalue weighted by atomic mass is 32.1. The minimum absolute atomic E-state index is 0.288. The number of hydrogen-bond acceptors (Lipinski definition) is 10. The third-order valence-corrected chi connectivity index (χ3v) is 7.96. The smallest absolute Gasteiger partial charge is 0.319 e. The molecule has 0 bridgehead atoms. The van der Waals surface area contributed by atoms with Gasteiger partial charge in [0.25, 0.3) is 0 Å². The average Bonchev–Trinajstić information content (AvgIpc) is 3.66. The van der Waals surface area contributed by atoms with Crippen molar-refractivity contribution in [1.82, 2.24) is 34.9 Å². The molecule has 2 aliphatic heterocycles. The maximum atomic E-state index is 12.4. The molecule has 12 nitrogen and oxygen atoms in total. The normalized spacial score (nSPS) is 16.1. The first-order valence-corrected chi connectivity index (χ1v) is 14.5. The molecule has 0 aliphatic carbocycles. The lowest BCUT2D eigenvalue weighted by molar-refractivity contribution is 0.0346. The Labute approximate surface area is 242 Å². The first-order valence-electron chi connectivity index (χ1n) is 13.7. The fourth-order valence-corrected chi connectivity index (χ4v) is 5.68. The van der Waals surface area contributed by atoms with E-state index in [-0.39, 0.29) is 6.03 Å². The van der Waals surface area contributed by atoms with Crippen LogP contribution >= 0.6 is 11.3 Å². The van der Waals surface area contributed by atoms with Crippen molar-refractivity contribution in [3.8, 4) is 22.1 Å². The van der Waals surface area contributed by atoms with E-state index >= 15 is 0 Å². The molecule has 2 amide bonds. The predicted octanol–water partition coefficient (Wildman–Crippen LogP) is 2.99. The van der Waals surface area contributed by atoms with Crippen molar-refractivity contribution in [2.24, 2.45) is 7.05 Å².